The van der Waals surface area contributed by atoms with E-state index in [4.69, 9.17) is 40.0 Å². The second-order valence-electron chi connectivity index (χ2n) is 7.67. The van der Waals surface area contributed by atoms with Gasteiger partial charge in [-0.1, -0.05) is 72.3 Å². The van der Waals surface area contributed by atoms with Crippen molar-refractivity contribution in [2.75, 3.05) is 14.2 Å². The molecule has 4 aromatic rings. The normalized spacial score (nSPS) is 10.5. The third-order valence-corrected chi connectivity index (χ3v) is 5.50. The molecule has 190 valence electrons. The summed E-state index contributed by atoms with van der Waals surface area (Å²) in [7, 11) is 2.72. The summed E-state index contributed by atoms with van der Waals surface area (Å²) in [6.07, 6.45) is -1.93. The highest BCUT2D eigenvalue weighted by molar-refractivity contribution is 6.31. The van der Waals surface area contributed by atoms with Crippen LogP contribution in [0.4, 0.5) is 9.59 Å². The summed E-state index contributed by atoms with van der Waals surface area (Å²) in [5.74, 6) is 0.00799. The zero-order valence-corrected chi connectivity index (χ0v) is 20.8. The van der Waals surface area contributed by atoms with Crippen LogP contribution in [0.15, 0.2) is 78.9 Å². The van der Waals surface area contributed by atoms with E-state index in [9.17, 15) is 9.59 Å². The third kappa shape index (κ3) is 6.23. The molecular weight excluding hydrogens is 500 g/mol. The zero-order chi connectivity index (χ0) is 26.2. The Morgan fingerprint density at radius 1 is 0.622 bits per heavy atom. The van der Waals surface area contributed by atoms with Crippen molar-refractivity contribution in [2.24, 2.45) is 0 Å². The fourth-order valence-electron chi connectivity index (χ4n) is 3.59. The average Bonchev–Trinajstić information content (AvgIpc) is 2.92. The highest BCUT2D eigenvalue weighted by Crippen LogP contribution is 2.51. The summed E-state index contributed by atoms with van der Waals surface area (Å²) < 4.78 is 32.6. The Bertz CT molecular complexity index is 1390. The van der Waals surface area contributed by atoms with Crippen LogP contribution < -0.4 is 18.9 Å². The Labute approximate surface area is 218 Å². The number of carbonyl (C=O) groups excluding carboxylic acids is 2. The highest BCUT2D eigenvalue weighted by Gasteiger charge is 2.28. The topological polar surface area (TPSA) is 89.5 Å². The Hall–Kier alpha value is -4.43. The molecule has 0 unspecified atom stereocenters. The van der Waals surface area contributed by atoms with E-state index in [1.165, 1.54) is 14.2 Å². The summed E-state index contributed by atoms with van der Waals surface area (Å²) in [4.78, 5) is 25.2. The molecule has 0 spiro atoms. The molecule has 0 saturated heterocycles. The molecule has 0 aliphatic carbocycles. The van der Waals surface area contributed by atoms with Gasteiger partial charge in [-0.15, -0.1) is 0 Å². The lowest BCUT2D eigenvalue weighted by atomic mass is 10.1. The van der Waals surface area contributed by atoms with Gasteiger partial charge in [0, 0.05) is 15.8 Å². The van der Waals surface area contributed by atoms with Crippen molar-refractivity contribution < 1.29 is 38.0 Å². The third-order valence-electron chi connectivity index (χ3n) is 5.27. The quantitative estimate of drug-likeness (QED) is 0.181. The number of rotatable bonds is 8. The van der Waals surface area contributed by atoms with Crippen molar-refractivity contribution in [1.29, 1.82) is 0 Å². The van der Waals surface area contributed by atoms with Crippen molar-refractivity contribution >= 4 is 34.7 Å². The van der Waals surface area contributed by atoms with E-state index < -0.39 is 12.3 Å². The van der Waals surface area contributed by atoms with Gasteiger partial charge in [-0.05, 0) is 29.3 Å². The van der Waals surface area contributed by atoms with Gasteiger partial charge < -0.3 is 28.4 Å². The molecule has 4 aromatic carbocycles. The maximum Gasteiger partial charge on any atom is 0.514 e. The van der Waals surface area contributed by atoms with Gasteiger partial charge in [0.2, 0.25) is 11.5 Å². The van der Waals surface area contributed by atoms with Crippen LogP contribution in [0.5, 0.6) is 23.0 Å². The van der Waals surface area contributed by atoms with E-state index in [1.54, 1.807) is 18.2 Å². The summed E-state index contributed by atoms with van der Waals surface area (Å²) >= 11 is 6.24. The lowest BCUT2D eigenvalue weighted by Gasteiger charge is -2.19. The predicted molar refractivity (Wildman–Crippen MR) is 137 cm³/mol. The van der Waals surface area contributed by atoms with Crippen molar-refractivity contribution in [3.63, 3.8) is 0 Å². The van der Waals surface area contributed by atoms with Crippen molar-refractivity contribution in [3.8, 4) is 23.0 Å². The van der Waals surface area contributed by atoms with Crippen LogP contribution in [-0.2, 0) is 22.7 Å². The van der Waals surface area contributed by atoms with Gasteiger partial charge in [-0.2, -0.15) is 0 Å². The number of methoxy groups -OCH3 is 2. The highest BCUT2D eigenvalue weighted by atomic mass is 35.5. The molecule has 0 saturated carbocycles. The molecule has 8 nitrogen and oxygen atoms in total. The first kappa shape index (κ1) is 25.7. The van der Waals surface area contributed by atoms with Crippen LogP contribution in [-0.4, -0.2) is 26.5 Å². The second kappa shape index (κ2) is 12.0. The van der Waals surface area contributed by atoms with Gasteiger partial charge in [0.1, 0.15) is 13.2 Å². The lowest BCUT2D eigenvalue weighted by molar-refractivity contribution is 0.0895. The van der Waals surface area contributed by atoms with Gasteiger partial charge >= 0.3 is 12.3 Å². The summed E-state index contributed by atoms with van der Waals surface area (Å²) in [5.41, 5.74) is 1.58. The molecule has 0 radical (unpaired) electrons. The molecule has 0 N–H and O–H groups in total. The molecule has 0 atom stereocenters. The number of fused-ring (bicyclic) bond motifs is 1. The Morgan fingerprint density at radius 2 is 1.08 bits per heavy atom. The molecule has 0 fully saturated rings. The summed E-state index contributed by atoms with van der Waals surface area (Å²) in [6.45, 7) is 0.0175. The fraction of sp³-hybridized carbons (Fsp3) is 0.143. The number of halogens is 1. The smallest absolute Gasteiger partial charge is 0.490 e. The minimum Gasteiger partial charge on any atom is -0.490 e. The fourth-order valence-corrected chi connectivity index (χ4v) is 3.76. The molecule has 37 heavy (non-hydrogen) atoms. The van der Waals surface area contributed by atoms with Gasteiger partial charge in [0.05, 0.1) is 14.2 Å². The lowest BCUT2D eigenvalue weighted by Crippen LogP contribution is -2.14. The zero-order valence-electron chi connectivity index (χ0n) is 20.1. The Balaban J connectivity index is 1.65. The largest absolute Gasteiger partial charge is 0.514 e. The first-order valence-corrected chi connectivity index (χ1v) is 11.5. The van der Waals surface area contributed by atoms with E-state index in [0.29, 0.717) is 15.8 Å². The molecule has 0 heterocycles. The number of ether oxygens (including phenoxy) is 6. The summed E-state index contributed by atoms with van der Waals surface area (Å²) in [6, 6.07) is 23.0. The molecule has 0 bridgehead atoms. The van der Waals surface area contributed by atoms with E-state index >= 15 is 0 Å². The van der Waals surface area contributed by atoms with E-state index in [-0.39, 0.29) is 36.2 Å². The molecule has 0 amide bonds. The number of carbonyl (C=O) groups is 2. The molecule has 4 rings (SSSR count). The van der Waals surface area contributed by atoms with Crippen molar-refractivity contribution in [2.45, 2.75) is 13.2 Å². The molecule has 9 heteroatoms. The van der Waals surface area contributed by atoms with E-state index in [2.05, 4.69) is 0 Å². The van der Waals surface area contributed by atoms with Crippen LogP contribution in [0, 0.1) is 0 Å². The van der Waals surface area contributed by atoms with Gasteiger partial charge in [0.15, 0.2) is 11.5 Å². The Morgan fingerprint density at radius 3 is 1.54 bits per heavy atom. The van der Waals surface area contributed by atoms with Crippen LogP contribution in [0.1, 0.15) is 11.1 Å². The maximum absolute atomic E-state index is 12.6. The van der Waals surface area contributed by atoms with Crippen molar-refractivity contribution in [1.82, 2.24) is 0 Å². The summed E-state index contributed by atoms with van der Waals surface area (Å²) in [5, 5.41) is 1.04. The number of hydrogen-bond donors (Lipinski definition) is 0. The first-order valence-electron chi connectivity index (χ1n) is 11.1. The standard InChI is InChI=1S/C28H23ClO8/c1-32-25-23(36-27(30)34-16-18-9-5-3-6-10-18)21-14-13-20(29)15-22(21)24(26(25)33-2)37-28(31)35-17-19-11-7-4-8-12-19/h3-15H,16-17H2,1-2H3. The van der Waals surface area contributed by atoms with Crippen LogP contribution in [0.3, 0.4) is 0 Å². The number of benzene rings is 4. The van der Waals surface area contributed by atoms with Crippen LogP contribution >= 0.6 is 11.6 Å². The Kier molecular flexibility index (Phi) is 8.33. The van der Waals surface area contributed by atoms with Crippen LogP contribution in [0.25, 0.3) is 10.8 Å². The molecule has 0 aliphatic rings. The maximum atomic E-state index is 12.6. The second-order valence-corrected chi connectivity index (χ2v) is 8.10. The van der Waals surface area contributed by atoms with E-state index in [1.807, 2.05) is 60.7 Å². The minimum absolute atomic E-state index is 0.000197. The average molecular weight is 523 g/mol. The van der Waals surface area contributed by atoms with Gasteiger partial charge in [-0.3, -0.25) is 0 Å². The predicted octanol–water partition coefficient (Wildman–Crippen LogP) is 6.94. The first-order chi connectivity index (χ1) is 18.0. The van der Waals surface area contributed by atoms with Crippen molar-refractivity contribution in [3.05, 3.63) is 95.0 Å². The molecule has 0 aromatic heterocycles. The number of hydrogen-bond acceptors (Lipinski definition) is 8. The minimum atomic E-state index is -0.971. The van der Waals surface area contributed by atoms with Gasteiger partial charge in [-0.25, -0.2) is 9.59 Å². The SMILES string of the molecule is COc1c(OC)c(OC(=O)OCc2ccccc2)c2cc(Cl)ccc2c1OC(=O)OCc1ccccc1. The van der Waals surface area contributed by atoms with Crippen LogP contribution in [0.2, 0.25) is 5.02 Å². The molecule has 0 aliphatic heterocycles. The van der Waals surface area contributed by atoms with Gasteiger partial charge in [0.25, 0.3) is 0 Å². The molecular formula is C28H23ClO8. The monoisotopic (exact) mass is 522 g/mol. The van der Waals surface area contributed by atoms with E-state index in [0.717, 1.165) is 11.1 Å².